The van der Waals surface area contributed by atoms with E-state index in [-0.39, 0.29) is 23.0 Å². The van der Waals surface area contributed by atoms with Gasteiger partial charge in [0, 0.05) is 51.5 Å². The zero-order valence-electron chi connectivity index (χ0n) is 18.9. The lowest BCUT2D eigenvalue weighted by Crippen LogP contribution is -2.45. The van der Waals surface area contributed by atoms with Gasteiger partial charge in [-0.3, -0.25) is 9.59 Å². The Morgan fingerprint density at radius 3 is 2.78 bits per heavy atom. The number of hydrogen-bond donors (Lipinski definition) is 0. The van der Waals surface area contributed by atoms with Gasteiger partial charge in [-0.05, 0) is 38.8 Å². The van der Waals surface area contributed by atoms with Gasteiger partial charge in [-0.25, -0.2) is 15.0 Å². The van der Waals surface area contributed by atoms with Gasteiger partial charge < -0.3 is 19.1 Å². The Morgan fingerprint density at radius 1 is 1.25 bits per heavy atom. The highest BCUT2D eigenvalue weighted by molar-refractivity contribution is 5.97. The first-order valence-electron chi connectivity index (χ1n) is 10.8. The van der Waals surface area contributed by atoms with Crippen LogP contribution in [-0.2, 0) is 6.54 Å². The van der Waals surface area contributed by atoms with Gasteiger partial charge in [-0.2, -0.15) is 0 Å². The zero-order chi connectivity index (χ0) is 22.8. The van der Waals surface area contributed by atoms with E-state index in [4.69, 9.17) is 4.74 Å². The number of aromatic nitrogens is 4. The number of nitrogens with zero attached hydrogens (tertiary/aromatic N) is 6. The van der Waals surface area contributed by atoms with E-state index in [1.54, 1.807) is 35.6 Å². The number of fused-ring (bicyclic) bond motifs is 1. The molecular weight excluding hydrogens is 408 g/mol. The van der Waals surface area contributed by atoms with E-state index in [0.717, 1.165) is 18.5 Å². The number of carbonyl (C=O) groups is 1. The maximum atomic E-state index is 13.4. The number of amides is 1. The molecule has 1 aliphatic rings. The number of pyridine rings is 2. The summed E-state index contributed by atoms with van der Waals surface area (Å²) < 4.78 is 7.98. The first-order chi connectivity index (χ1) is 15.4. The van der Waals surface area contributed by atoms with Crippen LogP contribution in [0.4, 0.5) is 5.82 Å². The Morgan fingerprint density at radius 2 is 2.03 bits per heavy atom. The Labute approximate surface area is 186 Å². The van der Waals surface area contributed by atoms with Crippen LogP contribution in [0, 0.1) is 6.92 Å². The number of hydrogen-bond acceptors (Lipinski definition) is 7. The predicted octanol–water partition coefficient (Wildman–Crippen LogP) is 2.26. The van der Waals surface area contributed by atoms with Crippen molar-refractivity contribution in [3.63, 3.8) is 0 Å². The second kappa shape index (κ2) is 8.94. The molecule has 168 valence electrons. The molecule has 4 heterocycles. The number of ether oxygens (including phenoxy) is 1. The molecule has 0 aliphatic carbocycles. The number of rotatable bonds is 5. The molecule has 1 saturated heterocycles. The van der Waals surface area contributed by atoms with E-state index in [2.05, 4.69) is 15.0 Å². The van der Waals surface area contributed by atoms with Crippen LogP contribution in [0.15, 0.2) is 35.5 Å². The van der Waals surface area contributed by atoms with Crippen molar-refractivity contribution in [2.75, 3.05) is 32.1 Å². The van der Waals surface area contributed by atoms with Gasteiger partial charge in [-0.15, -0.1) is 0 Å². The molecule has 0 spiro atoms. The predicted molar refractivity (Wildman–Crippen MR) is 122 cm³/mol. The van der Waals surface area contributed by atoms with Gasteiger partial charge in [0.15, 0.2) is 5.82 Å². The molecule has 1 atom stereocenters. The summed E-state index contributed by atoms with van der Waals surface area (Å²) in [6, 6.07) is 3.55. The van der Waals surface area contributed by atoms with Crippen LogP contribution in [0.1, 0.15) is 35.8 Å². The summed E-state index contributed by atoms with van der Waals surface area (Å²) in [4.78, 5) is 43.2. The standard InChI is InChI=1S/C23H28N6O3/c1-5-28-14-18(19(30)17-9-8-15(2)26-20(17)28)23(31)29-12-6-7-16(13-29)32-22-21(27(3)4)24-10-11-25-22/h8-11,14,16H,5-7,12-13H2,1-4H3. The maximum Gasteiger partial charge on any atom is 0.259 e. The van der Waals surface area contributed by atoms with Crippen molar-refractivity contribution in [3.05, 3.63) is 52.2 Å². The molecule has 1 unspecified atom stereocenters. The summed E-state index contributed by atoms with van der Waals surface area (Å²) in [5, 5.41) is 0.461. The molecule has 3 aromatic heterocycles. The largest absolute Gasteiger partial charge is 0.470 e. The van der Waals surface area contributed by atoms with E-state index >= 15 is 0 Å². The molecule has 0 aromatic carbocycles. The van der Waals surface area contributed by atoms with Crippen LogP contribution in [0.2, 0.25) is 0 Å². The van der Waals surface area contributed by atoms with Crippen molar-refractivity contribution in [2.24, 2.45) is 0 Å². The second-order valence-corrected chi connectivity index (χ2v) is 8.19. The van der Waals surface area contributed by atoms with Gasteiger partial charge in [0.25, 0.3) is 11.8 Å². The lowest BCUT2D eigenvalue weighted by molar-refractivity contribution is 0.0526. The van der Waals surface area contributed by atoms with Crippen LogP contribution in [0.5, 0.6) is 5.88 Å². The monoisotopic (exact) mass is 436 g/mol. The van der Waals surface area contributed by atoms with Gasteiger partial charge in [-0.1, -0.05) is 0 Å². The van der Waals surface area contributed by atoms with Crippen molar-refractivity contribution >= 4 is 22.8 Å². The Bertz CT molecular complexity index is 1210. The van der Waals surface area contributed by atoms with Gasteiger partial charge >= 0.3 is 0 Å². The molecular formula is C23H28N6O3. The highest BCUT2D eigenvalue weighted by Gasteiger charge is 2.29. The van der Waals surface area contributed by atoms with Crippen molar-refractivity contribution in [1.29, 1.82) is 0 Å². The average Bonchev–Trinajstić information content (AvgIpc) is 2.79. The SMILES string of the molecule is CCn1cc(C(=O)N2CCCC(Oc3nccnc3N(C)C)C2)c(=O)c2ccc(C)nc21. The van der Waals surface area contributed by atoms with Crippen LogP contribution >= 0.6 is 0 Å². The fourth-order valence-electron chi connectivity index (χ4n) is 4.01. The normalized spacial score (nSPS) is 16.2. The van der Waals surface area contributed by atoms with Crippen LogP contribution in [0.25, 0.3) is 11.0 Å². The van der Waals surface area contributed by atoms with Crippen LogP contribution < -0.4 is 15.1 Å². The minimum absolute atomic E-state index is 0.166. The third kappa shape index (κ3) is 4.15. The number of aryl methyl sites for hydroxylation is 2. The summed E-state index contributed by atoms with van der Waals surface area (Å²) in [5.74, 6) is 0.802. The molecule has 0 saturated carbocycles. The smallest absolute Gasteiger partial charge is 0.259 e. The number of likely N-dealkylation sites (tertiary alicyclic amines) is 1. The highest BCUT2D eigenvalue weighted by Crippen LogP contribution is 2.24. The first-order valence-corrected chi connectivity index (χ1v) is 10.8. The zero-order valence-corrected chi connectivity index (χ0v) is 18.9. The number of piperidine rings is 1. The molecule has 0 N–H and O–H groups in total. The third-order valence-electron chi connectivity index (χ3n) is 5.65. The van der Waals surface area contributed by atoms with E-state index in [9.17, 15) is 9.59 Å². The molecule has 9 nitrogen and oxygen atoms in total. The molecule has 4 rings (SSSR count). The van der Waals surface area contributed by atoms with Crippen molar-refractivity contribution in [2.45, 2.75) is 39.3 Å². The van der Waals surface area contributed by atoms with Gasteiger partial charge in [0.1, 0.15) is 17.3 Å². The molecule has 0 bridgehead atoms. The fourth-order valence-corrected chi connectivity index (χ4v) is 4.01. The second-order valence-electron chi connectivity index (χ2n) is 8.19. The Hall–Kier alpha value is -3.49. The molecule has 3 aromatic rings. The lowest BCUT2D eigenvalue weighted by Gasteiger charge is -2.33. The Kier molecular flexibility index (Phi) is 6.07. The summed E-state index contributed by atoms with van der Waals surface area (Å²) in [6.07, 6.45) is 6.20. The molecule has 1 fully saturated rings. The third-order valence-corrected chi connectivity index (χ3v) is 5.65. The fraction of sp³-hybridized carbons (Fsp3) is 0.435. The van der Waals surface area contributed by atoms with E-state index in [0.29, 0.717) is 42.4 Å². The molecule has 32 heavy (non-hydrogen) atoms. The summed E-state index contributed by atoms with van der Waals surface area (Å²) in [7, 11) is 3.75. The molecule has 0 radical (unpaired) electrons. The topological polar surface area (TPSA) is 93.5 Å². The first kappa shape index (κ1) is 21.7. The molecule has 1 aliphatic heterocycles. The molecule has 9 heteroatoms. The highest BCUT2D eigenvalue weighted by atomic mass is 16.5. The minimum Gasteiger partial charge on any atom is -0.470 e. The number of carbonyl (C=O) groups excluding carboxylic acids is 1. The minimum atomic E-state index is -0.283. The summed E-state index contributed by atoms with van der Waals surface area (Å²) in [6.45, 7) is 5.43. The van der Waals surface area contributed by atoms with Crippen molar-refractivity contribution < 1.29 is 9.53 Å². The van der Waals surface area contributed by atoms with Crippen molar-refractivity contribution in [3.8, 4) is 5.88 Å². The maximum absolute atomic E-state index is 13.4. The lowest BCUT2D eigenvalue weighted by atomic mass is 10.1. The summed E-state index contributed by atoms with van der Waals surface area (Å²) >= 11 is 0. The Balaban J connectivity index is 1.60. The van der Waals surface area contributed by atoms with E-state index < -0.39 is 0 Å². The van der Waals surface area contributed by atoms with Gasteiger partial charge in [0.05, 0.1) is 11.9 Å². The average molecular weight is 437 g/mol. The van der Waals surface area contributed by atoms with Crippen LogP contribution in [-0.4, -0.2) is 63.6 Å². The van der Waals surface area contributed by atoms with E-state index in [1.165, 1.54) is 0 Å². The van der Waals surface area contributed by atoms with Crippen molar-refractivity contribution in [1.82, 2.24) is 24.4 Å². The van der Waals surface area contributed by atoms with Crippen LogP contribution in [0.3, 0.4) is 0 Å². The quantitative estimate of drug-likeness (QED) is 0.606. The number of anilines is 1. The molecule has 1 amide bonds. The van der Waals surface area contributed by atoms with Gasteiger partial charge in [0.2, 0.25) is 5.43 Å². The van der Waals surface area contributed by atoms with E-state index in [1.807, 2.05) is 37.4 Å². The summed E-state index contributed by atoms with van der Waals surface area (Å²) in [5.41, 5.74) is 1.32.